The molecule has 0 saturated carbocycles. The van der Waals surface area contributed by atoms with Crippen LogP contribution in [0.4, 0.5) is 0 Å². The molecular weight excluding hydrogens is 224 g/mol. The Morgan fingerprint density at radius 1 is 1.33 bits per heavy atom. The third-order valence-electron chi connectivity index (χ3n) is 3.79. The Morgan fingerprint density at radius 3 is 2.78 bits per heavy atom. The summed E-state index contributed by atoms with van der Waals surface area (Å²) < 4.78 is 5.77. The summed E-state index contributed by atoms with van der Waals surface area (Å²) in [7, 11) is 0. The molecule has 1 aromatic carbocycles. The van der Waals surface area contributed by atoms with Gasteiger partial charge in [0.1, 0.15) is 5.75 Å². The standard InChI is InChI=1S/C15H22N2O/c1-15(2,14(16)17)8-9-18-13-7-6-11-4-3-5-12(11)10-13/h6-7,10H,3-5,8-9H2,1-2H3,(H3,16,17). The van der Waals surface area contributed by atoms with E-state index in [0.717, 1.165) is 12.2 Å². The van der Waals surface area contributed by atoms with Crippen molar-refractivity contribution in [2.45, 2.75) is 39.5 Å². The maximum Gasteiger partial charge on any atom is 0.119 e. The average Bonchev–Trinajstić information content (AvgIpc) is 2.75. The fraction of sp³-hybridized carbons (Fsp3) is 0.533. The second-order valence-electron chi connectivity index (χ2n) is 5.68. The second-order valence-corrected chi connectivity index (χ2v) is 5.68. The van der Waals surface area contributed by atoms with Gasteiger partial charge in [-0.3, -0.25) is 5.41 Å². The fourth-order valence-corrected chi connectivity index (χ4v) is 2.20. The molecule has 0 fully saturated rings. The first-order valence-electron chi connectivity index (χ1n) is 6.58. The van der Waals surface area contributed by atoms with Gasteiger partial charge < -0.3 is 10.5 Å². The zero-order chi connectivity index (χ0) is 13.2. The Labute approximate surface area is 109 Å². The Morgan fingerprint density at radius 2 is 2.06 bits per heavy atom. The third kappa shape index (κ3) is 2.84. The van der Waals surface area contributed by atoms with Crippen molar-refractivity contribution in [1.82, 2.24) is 0 Å². The van der Waals surface area contributed by atoms with Crippen LogP contribution in [0.5, 0.6) is 5.75 Å². The molecule has 0 unspecified atom stereocenters. The van der Waals surface area contributed by atoms with Crippen LogP contribution in [0.1, 0.15) is 37.8 Å². The molecule has 1 aromatic rings. The molecule has 0 spiro atoms. The van der Waals surface area contributed by atoms with Crippen molar-refractivity contribution in [2.24, 2.45) is 11.1 Å². The number of fused-ring (bicyclic) bond motifs is 1. The van der Waals surface area contributed by atoms with Gasteiger partial charge in [-0.1, -0.05) is 19.9 Å². The first-order valence-corrected chi connectivity index (χ1v) is 6.58. The van der Waals surface area contributed by atoms with Crippen molar-refractivity contribution in [2.75, 3.05) is 6.61 Å². The molecule has 98 valence electrons. The SMILES string of the molecule is CC(C)(CCOc1ccc2c(c1)CCC2)C(=N)N. The minimum absolute atomic E-state index is 0.222. The number of hydrogen-bond acceptors (Lipinski definition) is 2. The van der Waals surface area contributed by atoms with Gasteiger partial charge in [-0.15, -0.1) is 0 Å². The van der Waals surface area contributed by atoms with Crippen LogP contribution in [0.2, 0.25) is 0 Å². The van der Waals surface area contributed by atoms with E-state index in [1.165, 1.54) is 30.4 Å². The molecule has 1 aliphatic rings. The minimum atomic E-state index is -0.281. The Hall–Kier alpha value is -1.51. The number of benzene rings is 1. The van der Waals surface area contributed by atoms with E-state index in [1.807, 2.05) is 19.9 Å². The van der Waals surface area contributed by atoms with E-state index < -0.39 is 0 Å². The second kappa shape index (κ2) is 5.01. The third-order valence-corrected chi connectivity index (χ3v) is 3.79. The van der Waals surface area contributed by atoms with Gasteiger partial charge in [0.05, 0.1) is 12.4 Å². The molecule has 18 heavy (non-hydrogen) atoms. The van der Waals surface area contributed by atoms with Gasteiger partial charge in [0.15, 0.2) is 0 Å². The molecular formula is C15H22N2O. The molecule has 2 rings (SSSR count). The lowest BCUT2D eigenvalue weighted by atomic mass is 9.88. The zero-order valence-corrected chi connectivity index (χ0v) is 11.3. The molecule has 0 radical (unpaired) electrons. The highest BCUT2D eigenvalue weighted by Crippen LogP contribution is 2.27. The van der Waals surface area contributed by atoms with E-state index >= 15 is 0 Å². The lowest BCUT2D eigenvalue weighted by molar-refractivity contribution is 0.268. The summed E-state index contributed by atoms with van der Waals surface area (Å²) in [5, 5.41) is 7.50. The van der Waals surface area contributed by atoms with Crippen molar-refractivity contribution in [3.63, 3.8) is 0 Å². The number of ether oxygens (including phenoxy) is 1. The molecule has 3 N–H and O–H groups in total. The summed E-state index contributed by atoms with van der Waals surface area (Å²) in [6.07, 6.45) is 4.40. The van der Waals surface area contributed by atoms with Crippen LogP contribution >= 0.6 is 0 Å². The summed E-state index contributed by atoms with van der Waals surface area (Å²) in [6.45, 7) is 4.55. The van der Waals surface area contributed by atoms with Crippen molar-refractivity contribution < 1.29 is 4.74 Å². The van der Waals surface area contributed by atoms with Gasteiger partial charge >= 0.3 is 0 Å². The minimum Gasteiger partial charge on any atom is -0.494 e. The lowest BCUT2D eigenvalue weighted by Gasteiger charge is -2.22. The largest absolute Gasteiger partial charge is 0.494 e. The van der Waals surface area contributed by atoms with Crippen LogP contribution in [0.25, 0.3) is 0 Å². The van der Waals surface area contributed by atoms with Gasteiger partial charge in [0.2, 0.25) is 0 Å². The highest BCUT2D eigenvalue weighted by atomic mass is 16.5. The summed E-state index contributed by atoms with van der Waals surface area (Å²) >= 11 is 0. The average molecular weight is 246 g/mol. The van der Waals surface area contributed by atoms with Crippen LogP contribution in [0.15, 0.2) is 18.2 Å². The Kier molecular flexibility index (Phi) is 3.60. The van der Waals surface area contributed by atoms with Gasteiger partial charge in [0, 0.05) is 5.41 Å². The van der Waals surface area contributed by atoms with E-state index in [-0.39, 0.29) is 11.3 Å². The number of amidine groups is 1. The maximum atomic E-state index is 7.50. The van der Waals surface area contributed by atoms with Crippen molar-refractivity contribution in [1.29, 1.82) is 5.41 Å². The predicted octanol–water partition coefficient (Wildman–Crippen LogP) is 2.91. The molecule has 0 aliphatic heterocycles. The number of nitrogens with one attached hydrogen (secondary N) is 1. The zero-order valence-electron chi connectivity index (χ0n) is 11.3. The molecule has 3 heteroatoms. The van der Waals surface area contributed by atoms with Crippen LogP contribution in [0, 0.1) is 10.8 Å². The normalized spacial score (nSPS) is 14.3. The fourth-order valence-electron chi connectivity index (χ4n) is 2.20. The van der Waals surface area contributed by atoms with Gasteiger partial charge in [-0.25, -0.2) is 0 Å². The highest BCUT2D eigenvalue weighted by Gasteiger charge is 2.21. The summed E-state index contributed by atoms with van der Waals surface area (Å²) in [5.41, 5.74) is 8.16. The number of nitrogens with two attached hydrogens (primary N) is 1. The summed E-state index contributed by atoms with van der Waals surface area (Å²) in [5.74, 6) is 1.16. The first-order chi connectivity index (χ1) is 8.49. The van der Waals surface area contributed by atoms with Crippen LogP contribution in [0.3, 0.4) is 0 Å². The van der Waals surface area contributed by atoms with Crippen molar-refractivity contribution >= 4 is 5.84 Å². The number of aryl methyl sites for hydroxylation is 2. The van der Waals surface area contributed by atoms with Crippen LogP contribution < -0.4 is 10.5 Å². The molecule has 0 heterocycles. The molecule has 0 saturated heterocycles. The van der Waals surface area contributed by atoms with E-state index in [9.17, 15) is 0 Å². The van der Waals surface area contributed by atoms with Crippen molar-refractivity contribution in [3.05, 3.63) is 29.3 Å². The van der Waals surface area contributed by atoms with Crippen molar-refractivity contribution in [3.8, 4) is 5.75 Å². The summed E-state index contributed by atoms with van der Waals surface area (Å²) in [4.78, 5) is 0. The molecule has 0 amide bonds. The van der Waals surface area contributed by atoms with Crippen LogP contribution in [-0.4, -0.2) is 12.4 Å². The maximum absolute atomic E-state index is 7.50. The number of hydrogen-bond donors (Lipinski definition) is 2. The Bertz CT molecular complexity index is 452. The van der Waals surface area contributed by atoms with Crippen LogP contribution in [-0.2, 0) is 12.8 Å². The first kappa shape index (κ1) is 12.9. The van der Waals surface area contributed by atoms with E-state index in [1.54, 1.807) is 0 Å². The van der Waals surface area contributed by atoms with E-state index in [0.29, 0.717) is 6.61 Å². The van der Waals surface area contributed by atoms with E-state index in [2.05, 4.69) is 12.1 Å². The van der Waals surface area contributed by atoms with Gasteiger partial charge in [-0.2, -0.15) is 0 Å². The molecule has 0 bridgehead atoms. The molecule has 0 atom stereocenters. The van der Waals surface area contributed by atoms with Gasteiger partial charge in [0.25, 0.3) is 0 Å². The number of rotatable bonds is 5. The molecule has 1 aliphatic carbocycles. The molecule has 3 nitrogen and oxygen atoms in total. The smallest absolute Gasteiger partial charge is 0.119 e. The lowest BCUT2D eigenvalue weighted by Crippen LogP contribution is -2.32. The highest BCUT2D eigenvalue weighted by molar-refractivity contribution is 5.82. The summed E-state index contributed by atoms with van der Waals surface area (Å²) in [6, 6.07) is 6.38. The monoisotopic (exact) mass is 246 g/mol. The van der Waals surface area contributed by atoms with Gasteiger partial charge in [-0.05, 0) is 48.9 Å². The Balaban J connectivity index is 1.89. The predicted molar refractivity (Wildman–Crippen MR) is 74.3 cm³/mol. The quantitative estimate of drug-likeness (QED) is 0.620. The van der Waals surface area contributed by atoms with E-state index in [4.69, 9.17) is 15.9 Å². The molecule has 0 aromatic heterocycles. The topological polar surface area (TPSA) is 59.1 Å².